The maximum absolute atomic E-state index is 12.0. The summed E-state index contributed by atoms with van der Waals surface area (Å²) in [4.78, 5) is 12.0. The number of carbonyl (C=O) groups is 1. The van der Waals surface area contributed by atoms with Gasteiger partial charge in [0.15, 0.2) is 0 Å². The Balaban J connectivity index is 1.78. The summed E-state index contributed by atoms with van der Waals surface area (Å²) in [6.45, 7) is 1.80. The molecule has 0 radical (unpaired) electrons. The molecule has 98 valence electrons. The van der Waals surface area contributed by atoms with Crippen molar-refractivity contribution >= 4 is 29.4 Å². The fraction of sp³-hybridized carbons (Fsp3) is 0.917. The standard InChI is InChI=1S/C12H22N2OS2/c1-16-12(4-2-3-5-12)9-14-11(15)10-8-17-7-6-13-10/h10,13H,2-9H2,1H3,(H,14,15). The highest BCUT2D eigenvalue weighted by molar-refractivity contribution is 8.00. The van der Waals surface area contributed by atoms with Gasteiger partial charge in [0, 0.05) is 29.3 Å². The van der Waals surface area contributed by atoms with Crippen LogP contribution >= 0.6 is 23.5 Å². The number of amides is 1. The van der Waals surface area contributed by atoms with Gasteiger partial charge in [-0.25, -0.2) is 0 Å². The zero-order valence-corrected chi connectivity index (χ0v) is 12.1. The van der Waals surface area contributed by atoms with E-state index in [4.69, 9.17) is 0 Å². The van der Waals surface area contributed by atoms with Gasteiger partial charge in [0.1, 0.15) is 0 Å². The third-order valence-corrected chi connectivity index (χ3v) is 6.25. The first-order valence-electron chi connectivity index (χ1n) is 6.40. The van der Waals surface area contributed by atoms with Crippen LogP contribution in [0.2, 0.25) is 0 Å². The molecule has 1 saturated carbocycles. The van der Waals surface area contributed by atoms with Gasteiger partial charge >= 0.3 is 0 Å². The van der Waals surface area contributed by atoms with Gasteiger partial charge < -0.3 is 10.6 Å². The van der Waals surface area contributed by atoms with Crippen LogP contribution in [0.5, 0.6) is 0 Å². The van der Waals surface area contributed by atoms with Gasteiger partial charge in [-0.15, -0.1) is 0 Å². The van der Waals surface area contributed by atoms with Crippen LogP contribution in [0.1, 0.15) is 25.7 Å². The zero-order valence-electron chi connectivity index (χ0n) is 10.5. The highest BCUT2D eigenvalue weighted by Crippen LogP contribution is 2.39. The van der Waals surface area contributed by atoms with E-state index in [1.54, 1.807) is 0 Å². The number of hydrogen-bond acceptors (Lipinski definition) is 4. The van der Waals surface area contributed by atoms with Gasteiger partial charge in [-0.05, 0) is 19.1 Å². The molecule has 1 heterocycles. The molecule has 1 amide bonds. The first kappa shape index (κ1) is 13.6. The first-order chi connectivity index (χ1) is 8.26. The van der Waals surface area contributed by atoms with Crippen LogP contribution in [-0.2, 0) is 4.79 Å². The third-order valence-electron chi connectivity index (χ3n) is 3.77. The Labute approximate surface area is 112 Å². The predicted octanol–water partition coefficient (Wildman–Crippen LogP) is 1.48. The number of thioether (sulfide) groups is 2. The predicted molar refractivity (Wildman–Crippen MR) is 76.8 cm³/mol. The van der Waals surface area contributed by atoms with Crippen LogP contribution < -0.4 is 10.6 Å². The molecule has 0 aromatic rings. The molecule has 3 nitrogen and oxygen atoms in total. The van der Waals surface area contributed by atoms with Gasteiger partial charge in [0.2, 0.25) is 5.91 Å². The van der Waals surface area contributed by atoms with Crippen LogP contribution in [0.3, 0.4) is 0 Å². The largest absolute Gasteiger partial charge is 0.353 e. The van der Waals surface area contributed by atoms with Gasteiger partial charge in [-0.2, -0.15) is 23.5 Å². The Morgan fingerprint density at radius 1 is 1.53 bits per heavy atom. The maximum atomic E-state index is 12.0. The molecular formula is C12H22N2OS2. The van der Waals surface area contributed by atoms with Gasteiger partial charge in [0.05, 0.1) is 6.04 Å². The van der Waals surface area contributed by atoms with E-state index in [-0.39, 0.29) is 11.9 Å². The summed E-state index contributed by atoms with van der Waals surface area (Å²) < 4.78 is 0.317. The lowest BCUT2D eigenvalue weighted by Crippen LogP contribution is -2.51. The van der Waals surface area contributed by atoms with Gasteiger partial charge in [0.25, 0.3) is 0 Å². The fourth-order valence-electron chi connectivity index (χ4n) is 2.58. The summed E-state index contributed by atoms with van der Waals surface area (Å²) in [5.74, 6) is 2.23. The Morgan fingerprint density at radius 3 is 2.88 bits per heavy atom. The van der Waals surface area contributed by atoms with Crippen molar-refractivity contribution < 1.29 is 4.79 Å². The molecule has 2 rings (SSSR count). The minimum Gasteiger partial charge on any atom is -0.353 e. The van der Waals surface area contributed by atoms with Crippen molar-refractivity contribution in [3.8, 4) is 0 Å². The lowest BCUT2D eigenvalue weighted by Gasteiger charge is -2.29. The Morgan fingerprint density at radius 2 is 2.29 bits per heavy atom. The Bertz CT molecular complexity index is 261. The monoisotopic (exact) mass is 274 g/mol. The molecule has 1 unspecified atom stereocenters. The molecule has 0 bridgehead atoms. The van der Waals surface area contributed by atoms with E-state index >= 15 is 0 Å². The van der Waals surface area contributed by atoms with E-state index < -0.39 is 0 Å². The molecule has 1 aliphatic heterocycles. The summed E-state index contributed by atoms with van der Waals surface area (Å²) in [6.07, 6.45) is 7.30. The van der Waals surface area contributed by atoms with E-state index in [1.165, 1.54) is 25.7 Å². The normalized spacial score (nSPS) is 27.9. The van der Waals surface area contributed by atoms with Crippen molar-refractivity contribution in [3.63, 3.8) is 0 Å². The quantitative estimate of drug-likeness (QED) is 0.815. The summed E-state index contributed by atoms with van der Waals surface area (Å²) in [6, 6.07) is 0.0223. The average Bonchev–Trinajstić information content (AvgIpc) is 2.86. The van der Waals surface area contributed by atoms with E-state index in [2.05, 4.69) is 16.9 Å². The summed E-state index contributed by atoms with van der Waals surface area (Å²) in [5, 5.41) is 6.44. The Kier molecular flexibility index (Phi) is 5.06. The highest BCUT2D eigenvalue weighted by Gasteiger charge is 2.34. The lowest BCUT2D eigenvalue weighted by molar-refractivity contribution is -0.122. The van der Waals surface area contributed by atoms with E-state index in [1.807, 2.05) is 23.5 Å². The summed E-state index contributed by atoms with van der Waals surface area (Å²) >= 11 is 3.79. The van der Waals surface area contributed by atoms with Gasteiger partial charge in [-0.1, -0.05) is 12.8 Å². The van der Waals surface area contributed by atoms with Crippen LogP contribution in [0.4, 0.5) is 0 Å². The van der Waals surface area contributed by atoms with Gasteiger partial charge in [-0.3, -0.25) is 4.79 Å². The second-order valence-corrected chi connectivity index (χ2v) is 7.32. The van der Waals surface area contributed by atoms with Crippen molar-refractivity contribution in [2.24, 2.45) is 0 Å². The number of rotatable bonds is 4. The number of hydrogen-bond donors (Lipinski definition) is 2. The van der Waals surface area contributed by atoms with Crippen molar-refractivity contribution in [2.75, 3.05) is 30.9 Å². The number of nitrogens with one attached hydrogen (secondary N) is 2. The molecule has 1 saturated heterocycles. The molecule has 17 heavy (non-hydrogen) atoms. The first-order valence-corrected chi connectivity index (χ1v) is 8.78. The van der Waals surface area contributed by atoms with E-state index in [0.717, 1.165) is 24.6 Å². The third kappa shape index (κ3) is 3.55. The average molecular weight is 274 g/mol. The van der Waals surface area contributed by atoms with Crippen molar-refractivity contribution in [2.45, 2.75) is 36.5 Å². The topological polar surface area (TPSA) is 41.1 Å². The van der Waals surface area contributed by atoms with Crippen molar-refractivity contribution in [1.29, 1.82) is 0 Å². The smallest absolute Gasteiger partial charge is 0.238 e. The molecule has 0 spiro atoms. The zero-order chi connectivity index (χ0) is 12.1. The van der Waals surface area contributed by atoms with Crippen LogP contribution in [0.25, 0.3) is 0 Å². The number of carbonyl (C=O) groups excluding carboxylic acids is 1. The van der Waals surface area contributed by atoms with Crippen molar-refractivity contribution in [1.82, 2.24) is 10.6 Å². The molecule has 2 fully saturated rings. The molecule has 2 aliphatic rings. The summed E-state index contributed by atoms with van der Waals surface area (Å²) in [5.41, 5.74) is 0. The molecular weight excluding hydrogens is 252 g/mol. The van der Waals surface area contributed by atoms with Crippen LogP contribution in [0.15, 0.2) is 0 Å². The molecule has 0 aromatic heterocycles. The Hall–Kier alpha value is 0.130. The lowest BCUT2D eigenvalue weighted by atomic mass is 10.1. The second kappa shape index (κ2) is 6.34. The summed E-state index contributed by atoms with van der Waals surface area (Å²) in [7, 11) is 0. The highest BCUT2D eigenvalue weighted by atomic mass is 32.2. The van der Waals surface area contributed by atoms with Crippen LogP contribution in [0, 0.1) is 0 Å². The SMILES string of the molecule is CSC1(CNC(=O)C2CSCCN2)CCCC1. The minimum absolute atomic E-state index is 0.0223. The molecule has 1 atom stereocenters. The molecule has 1 aliphatic carbocycles. The second-order valence-electron chi connectivity index (χ2n) is 4.89. The fourth-order valence-corrected chi connectivity index (χ4v) is 4.42. The van der Waals surface area contributed by atoms with Crippen LogP contribution in [-0.4, -0.2) is 47.5 Å². The van der Waals surface area contributed by atoms with E-state index in [0.29, 0.717) is 4.75 Å². The minimum atomic E-state index is 0.0223. The molecule has 5 heteroatoms. The van der Waals surface area contributed by atoms with Crippen molar-refractivity contribution in [3.05, 3.63) is 0 Å². The van der Waals surface area contributed by atoms with E-state index in [9.17, 15) is 4.79 Å². The molecule has 2 N–H and O–H groups in total. The molecule has 0 aromatic carbocycles. The maximum Gasteiger partial charge on any atom is 0.238 e.